The number of methoxy groups -OCH3 is 1. The molecule has 2 aromatic carbocycles. The van der Waals surface area contributed by atoms with Crippen molar-refractivity contribution in [3.05, 3.63) is 71.8 Å². The number of hydrogen-bond acceptors (Lipinski definition) is 7. The molecule has 7 heteroatoms. The van der Waals surface area contributed by atoms with Gasteiger partial charge in [-0.2, -0.15) is 0 Å². The fourth-order valence-corrected chi connectivity index (χ4v) is 2.13. The zero-order chi connectivity index (χ0) is 21.1. The van der Waals surface area contributed by atoms with Crippen LogP contribution < -0.4 is 4.74 Å². The topological polar surface area (TPSA) is 102 Å². The Morgan fingerprint density at radius 1 is 0.862 bits per heavy atom. The summed E-state index contributed by atoms with van der Waals surface area (Å²) in [6.45, 7) is -0.616. The van der Waals surface area contributed by atoms with Gasteiger partial charge in [0, 0.05) is 12.2 Å². The number of carbonyl (C=O) groups is 2. The number of phenols is 1. The van der Waals surface area contributed by atoms with E-state index in [1.807, 2.05) is 0 Å². The van der Waals surface area contributed by atoms with Crippen LogP contribution in [0.4, 0.5) is 0 Å². The Kier molecular flexibility index (Phi) is 8.47. The van der Waals surface area contributed by atoms with Gasteiger partial charge in [-0.25, -0.2) is 9.59 Å². The average Bonchev–Trinajstić information content (AvgIpc) is 2.74. The number of hydrogen-bond donors (Lipinski definition) is 2. The smallest absolute Gasteiger partial charge is 0.330 e. The Morgan fingerprint density at radius 2 is 1.31 bits per heavy atom. The van der Waals surface area contributed by atoms with Crippen LogP contribution in [0.15, 0.2) is 60.7 Å². The highest BCUT2D eigenvalue weighted by Gasteiger charge is 2.09. The molecule has 0 radical (unpaired) electrons. The maximum Gasteiger partial charge on any atom is 0.330 e. The van der Waals surface area contributed by atoms with E-state index in [0.717, 1.165) is 5.56 Å². The number of benzene rings is 2. The zero-order valence-electron chi connectivity index (χ0n) is 15.9. The highest BCUT2D eigenvalue weighted by Crippen LogP contribution is 2.12. The van der Waals surface area contributed by atoms with Crippen molar-refractivity contribution in [2.24, 2.45) is 0 Å². The third-order valence-corrected chi connectivity index (χ3v) is 3.67. The highest BCUT2D eigenvalue weighted by atomic mass is 16.6. The van der Waals surface area contributed by atoms with Crippen molar-refractivity contribution in [3.8, 4) is 11.5 Å². The van der Waals surface area contributed by atoms with Crippen molar-refractivity contribution < 1.29 is 34.0 Å². The van der Waals surface area contributed by atoms with E-state index in [0.29, 0.717) is 11.3 Å². The summed E-state index contributed by atoms with van der Waals surface area (Å²) in [5, 5.41) is 19.0. The van der Waals surface area contributed by atoms with Crippen molar-refractivity contribution in [2.75, 3.05) is 20.3 Å². The molecule has 0 aliphatic carbocycles. The molecule has 0 aliphatic rings. The Hall–Kier alpha value is -3.58. The van der Waals surface area contributed by atoms with E-state index in [4.69, 9.17) is 14.2 Å². The Bertz CT molecular complexity index is 852. The normalized spacial score (nSPS) is 12.1. The Labute approximate surface area is 168 Å². The fraction of sp³-hybridized carbons (Fsp3) is 0.182. The summed E-state index contributed by atoms with van der Waals surface area (Å²) in [5.74, 6) is -0.442. The number of rotatable bonds is 9. The van der Waals surface area contributed by atoms with Crippen molar-refractivity contribution in [1.29, 1.82) is 0 Å². The lowest BCUT2D eigenvalue weighted by Gasteiger charge is -2.10. The third kappa shape index (κ3) is 8.32. The number of aliphatic hydroxyl groups is 1. The molecule has 29 heavy (non-hydrogen) atoms. The molecular formula is C22H22O7. The van der Waals surface area contributed by atoms with Crippen molar-refractivity contribution in [1.82, 2.24) is 0 Å². The first-order valence-corrected chi connectivity index (χ1v) is 8.77. The van der Waals surface area contributed by atoms with Crippen LogP contribution >= 0.6 is 0 Å². The Balaban J connectivity index is 1.68. The van der Waals surface area contributed by atoms with Crippen LogP contribution in [0.1, 0.15) is 11.1 Å². The average molecular weight is 398 g/mol. The van der Waals surface area contributed by atoms with Gasteiger partial charge in [0.1, 0.15) is 30.8 Å². The van der Waals surface area contributed by atoms with E-state index in [-0.39, 0.29) is 19.0 Å². The molecule has 0 saturated carbocycles. The molecule has 0 saturated heterocycles. The van der Waals surface area contributed by atoms with Crippen molar-refractivity contribution >= 4 is 24.1 Å². The van der Waals surface area contributed by atoms with E-state index in [9.17, 15) is 19.8 Å². The van der Waals surface area contributed by atoms with E-state index in [1.54, 1.807) is 49.6 Å². The maximum absolute atomic E-state index is 11.7. The molecule has 152 valence electrons. The first-order valence-electron chi connectivity index (χ1n) is 8.77. The van der Waals surface area contributed by atoms with Gasteiger partial charge in [-0.05, 0) is 47.5 Å². The summed E-state index contributed by atoms with van der Waals surface area (Å²) in [4.78, 5) is 23.3. The molecule has 0 unspecified atom stereocenters. The van der Waals surface area contributed by atoms with Crippen LogP contribution in [0.3, 0.4) is 0 Å². The first kappa shape index (κ1) is 21.7. The SMILES string of the molecule is COc1ccc(C=CC(=O)OC[C@H](O)COC(=O)C=Cc2ccc(O)cc2)cc1. The molecule has 0 spiro atoms. The maximum atomic E-state index is 11.7. The second-order valence-electron chi connectivity index (χ2n) is 5.95. The lowest BCUT2D eigenvalue weighted by atomic mass is 10.2. The van der Waals surface area contributed by atoms with Crippen LogP contribution in [0.25, 0.3) is 12.2 Å². The standard InChI is InChI=1S/C22H22O7/c1-27-20-10-4-17(5-11-20)7-13-22(26)29-15-19(24)14-28-21(25)12-6-16-2-8-18(23)9-3-16/h2-13,19,23-24H,14-15H2,1H3/t19-/m1/s1. The first-order chi connectivity index (χ1) is 14.0. The summed E-state index contributed by atoms with van der Waals surface area (Å²) in [5.41, 5.74) is 1.50. The molecule has 0 aliphatic heterocycles. The fourth-order valence-electron chi connectivity index (χ4n) is 2.13. The summed E-state index contributed by atoms with van der Waals surface area (Å²) < 4.78 is 14.8. The minimum atomic E-state index is -1.14. The van der Waals surface area contributed by atoms with Gasteiger partial charge in [0.15, 0.2) is 0 Å². The van der Waals surface area contributed by atoms with Crippen LogP contribution in [0, 0.1) is 0 Å². The van der Waals surface area contributed by atoms with Gasteiger partial charge in [0.05, 0.1) is 7.11 Å². The van der Waals surface area contributed by atoms with Crippen LogP contribution in [0.5, 0.6) is 11.5 Å². The van der Waals surface area contributed by atoms with E-state index in [2.05, 4.69) is 0 Å². The van der Waals surface area contributed by atoms with E-state index >= 15 is 0 Å². The van der Waals surface area contributed by atoms with Crippen LogP contribution in [0.2, 0.25) is 0 Å². The van der Waals surface area contributed by atoms with Gasteiger partial charge < -0.3 is 24.4 Å². The van der Waals surface area contributed by atoms with E-state index in [1.165, 1.54) is 30.4 Å². The number of aliphatic hydroxyl groups excluding tert-OH is 1. The highest BCUT2D eigenvalue weighted by molar-refractivity contribution is 5.87. The second-order valence-corrected chi connectivity index (χ2v) is 5.95. The minimum Gasteiger partial charge on any atom is -0.508 e. The van der Waals surface area contributed by atoms with Crippen LogP contribution in [-0.2, 0) is 19.1 Å². The van der Waals surface area contributed by atoms with Gasteiger partial charge in [0.2, 0.25) is 0 Å². The summed E-state index contributed by atoms with van der Waals surface area (Å²) >= 11 is 0. The predicted molar refractivity (Wildman–Crippen MR) is 107 cm³/mol. The molecular weight excluding hydrogens is 376 g/mol. The monoisotopic (exact) mass is 398 g/mol. The number of esters is 2. The summed E-state index contributed by atoms with van der Waals surface area (Å²) in [6.07, 6.45) is 4.38. The molecule has 2 rings (SSSR count). The molecule has 7 nitrogen and oxygen atoms in total. The van der Waals surface area contributed by atoms with Crippen LogP contribution in [-0.4, -0.2) is 48.6 Å². The number of phenolic OH excluding ortho intramolecular Hbond substituents is 1. The number of ether oxygens (including phenoxy) is 3. The van der Waals surface area contributed by atoms with Crippen molar-refractivity contribution in [3.63, 3.8) is 0 Å². The quantitative estimate of drug-likeness (QED) is 0.494. The molecule has 0 aromatic heterocycles. The van der Waals surface area contributed by atoms with E-state index < -0.39 is 18.0 Å². The van der Waals surface area contributed by atoms with Gasteiger partial charge in [0.25, 0.3) is 0 Å². The third-order valence-electron chi connectivity index (χ3n) is 3.67. The molecule has 2 aromatic rings. The molecule has 0 bridgehead atoms. The lowest BCUT2D eigenvalue weighted by Crippen LogP contribution is -2.24. The molecule has 0 heterocycles. The lowest BCUT2D eigenvalue weighted by molar-refractivity contribution is -0.146. The zero-order valence-corrected chi connectivity index (χ0v) is 15.9. The summed E-state index contributed by atoms with van der Waals surface area (Å²) in [7, 11) is 1.57. The predicted octanol–water partition coefficient (Wildman–Crippen LogP) is 2.57. The minimum absolute atomic E-state index is 0.126. The van der Waals surface area contributed by atoms with Gasteiger partial charge >= 0.3 is 11.9 Å². The largest absolute Gasteiger partial charge is 0.508 e. The molecule has 1 atom stereocenters. The number of aromatic hydroxyl groups is 1. The number of carbonyl (C=O) groups excluding carboxylic acids is 2. The van der Waals surface area contributed by atoms with Crippen molar-refractivity contribution in [2.45, 2.75) is 6.10 Å². The summed E-state index contributed by atoms with van der Waals surface area (Å²) in [6, 6.07) is 13.3. The Morgan fingerprint density at radius 3 is 1.76 bits per heavy atom. The van der Waals surface area contributed by atoms with Gasteiger partial charge in [-0.3, -0.25) is 0 Å². The second kappa shape index (κ2) is 11.3. The molecule has 0 amide bonds. The van der Waals surface area contributed by atoms with Gasteiger partial charge in [-0.1, -0.05) is 24.3 Å². The van der Waals surface area contributed by atoms with Gasteiger partial charge in [-0.15, -0.1) is 0 Å². The molecule has 0 fully saturated rings. The molecule has 2 N–H and O–H groups in total.